The first-order valence-corrected chi connectivity index (χ1v) is 8.15. The van der Waals surface area contributed by atoms with Crippen molar-refractivity contribution in [1.29, 1.82) is 0 Å². The highest BCUT2D eigenvalue weighted by Gasteiger charge is 2.32. The smallest absolute Gasteiger partial charge is 0.406 e. The Kier molecular flexibility index (Phi) is 3.32. The fourth-order valence-corrected chi connectivity index (χ4v) is 2.65. The summed E-state index contributed by atoms with van der Waals surface area (Å²) in [5, 5.41) is 0.328. The summed E-state index contributed by atoms with van der Waals surface area (Å²) < 4.78 is 53.0. The van der Waals surface area contributed by atoms with Crippen LogP contribution in [0.2, 0.25) is 19.6 Å². The molecule has 0 atom stereocenters. The van der Waals surface area contributed by atoms with Crippen molar-refractivity contribution < 1.29 is 22.3 Å². The number of halogens is 4. The molecule has 0 unspecified atom stereocenters. The Labute approximate surface area is 92.0 Å². The van der Waals surface area contributed by atoms with E-state index in [4.69, 9.17) is 0 Å². The normalized spacial score (nSPS) is 12.7. The van der Waals surface area contributed by atoms with Crippen LogP contribution in [0.1, 0.15) is 0 Å². The lowest BCUT2D eigenvalue weighted by Crippen LogP contribution is -2.40. The van der Waals surface area contributed by atoms with E-state index in [9.17, 15) is 17.6 Å². The fraction of sp³-hybridized carbons (Fsp3) is 0.400. The van der Waals surface area contributed by atoms with E-state index in [1.807, 2.05) is 19.6 Å². The average molecular weight is 252 g/mol. The van der Waals surface area contributed by atoms with Crippen molar-refractivity contribution in [2.45, 2.75) is 26.0 Å². The van der Waals surface area contributed by atoms with Gasteiger partial charge < -0.3 is 4.74 Å². The molecule has 0 spiro atoms. The number of hydrogen-bond acceptors (Lipinski definition) is 1. The molecule has 0 fully saturated rings. The van der Waals surface area contributed by atoms with Gasteiger partial charge in [-0.3, -0.25) is 0 Å². The molecule has 0 aliphatic carbocycles. The summed E-state index contributed by atoms with van der Waals surface area (Å²) in [5.41, 5.74) is 0. The maximum Gasteiger partial charge on any atom is 0.573 e. The summed E-state index contributed by atoms with van der Waals surface area (Å²) in [7, 11) is -2.01. The van der Waals surface area contributed by atoms with Gasteiger partial charge in [0.25, 0.3) is 0 Å². The van der Waals surface area contributed by atoms with Crippen molar-refractivity contribution in [3.8, 4) is 5.75 Å². The van der Waals surface area contributed by atoms with E-state index in [1.54, 1.807) is 0 Å². The second-order valence-corrected chi connectivity index (χ2v) is 9.48. The van der Waals surface area contributed by atoms with Crippen LogP contribution in [0.25, 0.3) is 0 Å². The van der Waals surface area contributed by atoms with Gasteiger partial charge in [0.2, 0.25) is 0 Å². The van der Waals surface area contributed by atoms with Crippen molar-refractivity contribution in [3.05, 3.63) is 24.0 Å². The molecule has 0 aromatic heterocycles. The molecule has 0 amide bonds. The van der Waals surface area contributed by atoms with E-state index in [-0.39, 0.29) is 5.75 Å². The predicted molar refractivity (Wildman–Crippen MR) is 56.1 cm³/mol. The van der Waals surface area contributed by atoms with Crippen LogP contribution in [0, 0.1) is 5.82 Å². The summed E-state index contributed by atoms with van der Waals surface area (Å²) in [6.07, 6.45) is -4.74. The molecule has 1 aromatic rings. The van der Waals surface area contributed by atoms with Gasteiger partial charge in [-0.25, -0.2) is 4.39 Å². The molecular weight excluding hydrogens is 240 g/mol. The Morgan fingerprint density at radius 2 is 1.69 bits per heavy atom. The van der Waals surface area contributed by atoms with Gasteiger partial charge in [0, 0.05) is 0 Å². The topological polar surface area (TPSA) is 9.23 Å². The quantitative estimate of drug-likeness (QED) is 0.580. The zero-order valence-electron chi connectivity index (χ0n) is 9.15. The molecule has 1 rings (SSSR count). The summed E-state index contributed by atoms with van der Waals surface area (Å²) in [6.45, 7) is 5.55. The zero-order valence-corrected chi connectivity index (χ0v) is 10.2. The van der Waals surface area contributed by atoms with Gasteiger partial charge in [-0.15, -0.1) is 13.2 Å². The second kappa shape index (κ2) is 4.08. The monoisotopic (exact) mass is 252 g/mol. The Hall–Kier alpha value is -1.04. The van der Waals surface area contributed by atoms with Crippen molar-refractivity contribution in [2.24, 2.45) is 0 Å². The number of rotatable bonds is 2. The molecule has 6 heteroatoms. The van der Waals surface area contributed by atoms with Crippen LogP contribution in [-0.2, 0) is 0 Å². The lowest BCUT2D eigenvalue weighted by atomic mass is 10.3. The number of ether oxygens (including phenoxy) is 1. The van der Waals surface area contributed by atoms with Crippen molar-refractivity contribution >= 4 is 13.3 Å². The maximum atomic E-state index is 13.4. The van der Waals surface area contributed by atoms with Gasteiger partial charge in [0.1, 0.15) is 11.6 Å². The van der Waals surface area contributed by atoms with Crippen LogP contribution in [0.3, 0.4) is 0 Å². The van der Waals surface area contributed by atoms with E-state index < -0.39 is 20.3 Å². The molecule has 0 saturated carbocycles. The molecule has 90 valence electrons. The summed E-state index contributed by atoms with van der Waals surface area (Å²) >= 11 is 0. The van der Waals surface area contributed by atoms with E-state index in [0.717, 1.165) is 18.2 Å². The standard InChI is InChI=1S/C10H12F4OSi/c1-16(2,3)9-6-7(4-5-8(9)11)15-10(12,13)14/h4-6H,1-3H3. The SMILES string of the molecule is C[Si](C)(C)c1cc(OC(F)(F)F)ccc1F. The van der Waals surface area contributed by atoms with Gasteiger partial charge in [0.05, 0.1) is 8.07 Å². The second-order valence-electron chi connectivity index (χ2n) is 4.44. The summed E-state index contributed by atoms with van der Waals surface area (Å²) in [6, 6.07) is 3.12. The van der Waals surface area contributed by atoms with Crippen LogP contribution in [0.5, 0.6) is 5.75 Å². The van der Waals surface area contributed by atoms with Gasteiger partial charge in [-0.05, 0) is 23.4 Å². The first-order chi connectivity index (χ1) is 7.09. The molecule has 0 N–H and O–H groups in total. The van der Waals surface area contributed by atoms with Crippen LogP contribution in [0.4, 0.5) is 17.6 Å². The minimum absolute atomic E-state index is 0.328. The first-order valence-electron chi connectivity index (χ1n) is 4.65. The van der Waals surface area contributed by atoms with Crippen LogP contribution < -0.4 is 9.92 Å². The molecule has 1 aromatic carbocycles. The molecule has 0 heterocycles. The third kappa shape index (κ3) is 3.51. The van der Waals surface area contributed by atoms with Crippen molar-refractivity contribution in [2.75, 3.05) is 0 Å². The number of alkyl halides is 3. The minimum atomic E-state index is -4.74. The highest BCUT2D eigenvalue weighted by atomic mass is 28.3. The Bertz CT molecular complexity index is 381. The zero-order chi connectivity index (χ0) is 12.6. The Morgan fingerprint density at radius 3 is 2.12 bits per heavy atom. The molecule has 0 aliphatic rings. The predicted octanol–water partition coefficient (Wildman–Crippen LogP) is 3.27. The van der Waals surface area contributed by atoms with Crippen LogP contribution in [0.15, 0.2) is 18.2 Å². The van der Waals surface area contributed by atoms with E-state index in [1.165, 1.54) is 0 Å². The molecule has 16 heavy (non-hydrogen) atoms. The van der Waals surface area contributed by atoms with Gasteiger partial charge in [-0.1, -0.05) is 19.6 Å². The van der Waals surface area contributed by atoms with E-state index in [2.05, 4.69) is 4.74 Å². The lowest BCUT2D eigenvalue weighted by molar-refractivity contribution is -0.274. The van der Waals surface area contributed by atoms with Crippen molar-refractivity contribution in [1.82, 2.24) is 0 Å². The Balaban J connectivity index is 3.09. The molecule has 0 saturated heterocycles. The van der Waals surface area contributed by atoms with E-state index in [0.29, 0.717) is 5.19 Å². The molecule has 0 aliphatic heterocycles. The van der Waals surface area contributed by atoms with Crippen LogP contribution in [-0.4, -0.2) is 14.4 Å². The largest absolute Gasteiger partial charge is 0.573 e. The van der Waals surface area contributed by atoms with Gasteiger partial charge >= 0.3 is 6.36 Å². The number of benzene rings is 1. The molecule has 0 bridgehead atoms. The first kappa shape index (κ1) is 13.0. The number of hydrogen-bond donors (Lipinski definition) is 0. The van der Waals surface area contributed by atoms with Gasteiger partial charge in [0.15, 0.2) is 0 Å². The Morgan fingerprint density at radius 1 is 1.12 bits per heavy atom. The van der Waals surface area contributed by atoms with E-state index >= 15 is 0 Å². The maximum absolute atomic E-state index is 13.4. The molecule has 0 radical (unpaired) electrons. The minimum Gasteiger partial charge on any atom is -0.406 e. The summed E-state index contributed by atoms with van der Waals surface area (Å²) in [5.74, 6) is -0.847. The van der Waals surface area contributed by atoms with Crippen molar-refractivity contribution in [3.63, 3.8) is 0 Å². The van der Waals surface area contributed by atoms with Gasteiger partial charge in [-0.2, -0.15) is 0 Å². The highest BCUT2D eigenvalue weighted by Crippen LogP contribution is 2.23. The average Bonchev–Trinajstić information content (AvgIpc) is 2.04. The molecular formula is C10H12F4OSi. The fourth-order valence-electron chi connectivity index (χ4n) is 1.28. The summed E-state index contributed by atoms with van der Waals surface area (Å²) in [4.78, 5) is 0. The molecule has 1 nitrogen and oxygen atoms in total. The highest BCUT2D eigenvalue weighted by molar-refractivity contribution is 6.88. The lowest BCUT2D eigenvalue weighted by Gasteiger charge is -2.19. The third-order valence-corrected chi connectivity index (χ3v) is 3.98. The van der Waals surface area contributed by atoms with Crippen LogP contribution >= 0.6 is 0 Å². The third-order valence-electron chi connectivity index (χ3n) is 1.98.